The summed E-state index contributed by atoms with van der Waals surface area (Å²) in [6, 6.07) is -1.35. The van der Waals surface area contributed by atoms with Gasteiger partial charge in [0.1, 0.15) is 6.04 Å². The van der Waals surface area contributed by atoms with Crippen molar-refractivity contribution in [1.82, 2.24) is 15.5 Å². The zero-order valence-electron chi connectivity index (χ0n) is 11.9. The van der Waals surface area contributed by atoms with Crippen molar-refractivity contribution in [2.45, 2.75) is 45.7 Å². The summed E-state index contributed by atoms with van der Waals surface area (Å²) in [5, 5.41) is 13.6. The van der Waals surface area contributed by atoms with Gasteiger partial charge >= 0.3 is 12.0 Å². The number of likely N-dealkylation sites (N-methyl/N-ethyl adjacent to an activating group) is 1. The first-order valence-electron chi connectivity index (χ1n) is 6.31. The number of carbonyl (C=O) groups excluding carboxylic acids is 2. The van der Waals surface area contributed by atoms with E-state index >= 15 is 0 Å². The van der Waals surface area contributed by atoms with Crippen molar-refractivity contribution in [1.29, 1.82) is 0 Å². The van der Waals surface area contributed by atoms with Gasteiger partial charge in [-0.25, -0.2) is 4.79 Å². The first-order chi connectivity index (χ1) is 8.77. The van der Waals surface area contributed by atoms with Crippen LogP contribution in [0.25, 0.3) is 0 Å². The van der Waals surface area contributed by atoms with Gasteiger partial charge in [0.2, 0.25) is 5.91 Å². The molecule has 0 aromatic rings. The van der Waals surface area contributed by atoms with Crippen molar-refractivity contribution in [2.75, 3.05) is 13.6 Å². The van der Waals surface area contributed by atoms with Gasteiger partial charge in [0.05, 0.1) is 0 Å². The smallest absolute Gasteiger partial charge is 0.315 e. The van der Waals surface area contributed by atoms with Gasteiger partial charge in [-0.15, -0.1) is 0 Å². The molecule has 110 valence electrons. The molecule has 0 spiro atoms. The molecule has 0 aliphatic heterocycles. The van der Waals surface area contributed by atoms with Crippen LogP contribution in [-0.2, 0) is 9.59 Å². The minimum Gasteiger partial charge on any atom is -0.481 e. The van der Waals surface area contributed by atoms with E-state index in [4.69, 9.17) is 5.11 Å². The molecule has 19 heavy (non-hydrogen) atoms. The molecule has 0 saturated carbocycles. The lowest BCUT2D eigenvalue weighted by Gasteiger charge is -2.21. The Morgan fingerprint density at radius 1 is 1.21 bits per heavy atom. The van der Waals surface area contributed by atoms with E-state index in [1.165, 1.54) is 4.90 Å². The van der Waals surface area contributed by atoms with Crippen LogP contribution in [0, 0.1) is 0 Å². The molecule has 7 heteroatoms. The average Bonchev–Trinajstić information content (AvgIpc) is 2.34. The second kappa shape index (κ2) is 8.34. The van der Waals surface area contributed by atoms with Crippen LogP contribution in [0.15, 0.2) is 0 Å². The van der Waals surface area contributed by atoms with Gasteiger partial charge in [-0.05, 0) is 27.2 Å². The number of nitrogens with zero attached hydrogens (tertiary/aromatic N) is 1. The second-order valence-electron chi connectivity index (χ2n) is 4.53. The first-order valence-corrected chi connectivity index (χ1v) is 6.31. The largest absolute Gasteiger partial charge is 0.481 e. The molecule has 0 fully saturated rings. The Labute approximate surface area is 113 Å². The summed E-state index contributed by atoms with van der Waals surface area (Å²) in [5.74, 6) is -1.07. The van der Waals surface area contributed by atoms with Gasteiger partial charge < -0.3 is 20.6 Å². The lowest BCUT2D eigenvalue weighted by molar-refractivity contribution is -0.137. The molecule has 2 atom stereocenters. The van der Waals surface area contributed by atoms with Gasteiger partial charge in [0, 0.05) is 26.1 Å². The number of carboxylic acid groups (broad SMARTS) is 1. The summed E-state index contributed by atoms with van der Waals surface area (Å²) in [5.41, 5.74) is 0. The standard InChI is InChI=1S/C12H23N3O4/c1-5-15(4)11(18)9(3)14-12(19)13-8(2)6-7-10(16)17/h8-9H,5-7H2,1-4H3,(H,16,17)(H2,13,14,19). The molecule has 0 heterocycles. The van der Waals surface area contributed by atoms with Crippen LogP contribution >= 0.6 is 0 Å². The third kappa shape index (κ3) is 7.28. The molecule has 3 N–H and O–H groups in total. The number of aliphatic carboxylic acids is 1. The van der Waals surface area contributed by atoms with Crippen molar-refractivity contribution in [2.24, 2.45) is 0 Å². The second-order valence-corrected chi connectivity index (χ2v) is 4.53. The topological polar surface area (TPSA) is 98.7 Å². The first kappa shape index (κ1) is 17.2. The molecule has 0 aliphatic rings. The fourth-order valence-corrected chi connectivity index (χ4v) is 1.42. The maximum atomic E-state index is 11.7. The number of hydrogen-bond donors (Lipinski definition) is 3. The fraction of sp³-hybridized carbons (Fsp3) is 0.750. The summed E-state index contributed by atoms with van der Waals surface area (Å²) in [6.07, 6.45) is 0.342. The fourth-order valence-electron chi connectivity index (χ4n) is 1.42. The highest BCUT2D eigenvalue weighted by atomic mass is 16.4. The van der Waals surface area contributed by atoms with E-state index in [1.807, 2.05) is 6.92 Å². The maximum Gasteiger partial charge on any atom is 0.315 e. The van der Waals surface area contributed by atoms with Crippen molar-refractivity contribution in [3.63, 3.8) is 0 Å². The molecule has 2 unspecified atom stereocenters. The highest BCUT2D eigenvalue weighted by Gasteiger charge is 2.19. The number of nitrogens with one attached hydrogen (secondary N) is 2. The molecule has 3 amide bonds. The number of carbonyl (C=O) groups is 3. The Bertz CT molecular complexity index is 333. The molecule has 0 aromatic carbocycles. The van der Waals surface area contributed by atoms with Crippen LogP contribution < -0.4 is 10.6 Å². The molecule has 0 saturated heterocycles. The summed E-state index contributed by atoms with van der Waals surface area (Å²) in [7, 11) is 1.66. The minimum atomic E-state index is -0.901. The molecular weight excluding hydrogens is 250 g/mol. The van der Waals surface area contributed by atoms with Crippen LogP contribution in [0.5, 0.6) is 0 Å². The van der Waals surface area contributed by atoms with Crippen molar-refractivity contribution < 1.29 is 19.5 Å². The van der Waals surface area contributed by atoms with E-state index in [0.717, 1.165) is 0 Å². The Balaban J connectivity index is 4.09. The lowest BCUT2D eigenvalue weighted by atomic mass is 10.2. The molecule has 0 rings (SSSR count). The Hall–Kier alpha value is -1.79. The third-order valence-electron chi connectivity index (χ3n) is 2.74. The quantitative estimate of drug-likeness (QED) is 0.625. The zero-order chi connectivity index (χ0) is 15.0. The molecule has 7 nitrogen and oxygen atoms in total. The number of hydrogen-bond acceptors (Lipinski definition) is 3. The van der Waals surface area contributed by atoms with Gasteiger partial charge in [-0.1, -0.05) is 0 Å². The average molecular weight is 273 g/mol. The van der Waals surface area contributed by atoms with Crippen molar-refractivity contribution in [3.8, 4) is 0 Å². The summed E-state index contributed by atoms with van der Waals surface area (Å²) >= 11 is 0. The summed E-state index contributed by atoms with van der Waals surface area (Å²) in [6.45, 7) is 5.74. The summed E-state index contributed by atoms with van der Waals surface area (Å²) < 4.78 is 0. The molecule has 0 radical (unpaired) electrons. The molecule has 0 aliphatic carbocycles. The molecule has 0 aromatic heterocycles. The number of rotatable bonds is 7. The van der Waals surface area contributed by atoms with Gasteiger partial charge in [-0.2, -0.15) is 0 Å². The van der Waals surface area contributed by atoms with Crippen LogP contribution in [0.3, 0.4) is 0 Å². The zero-order valence-corrected chi connectivity index (χ0v) is 11.9. The van der Waals surface area contributed by atoms with Gasteiger partial charge in [0.25, 0.3) is 0 Å². The highest BCUT2D eigenvalue weighted by Crippen LogP contribution is 1.97. The van der Waals surface area contributed by atoms with E-state index in [0.29, 0.717) is 13.0 Å². The number of amides is 3. The minimum absolute atomic E-state index is 0.00545. The van der Waals surface area contributed by atoms with Crippen LogP contribution in [0.2, 0.25) is 0 Å². The monoisotopic (exact) mass is 273 g/mol. The highest BCUT2D eigenvalue weighted by molar-refractivity contribution is 5.86. The van der Waals surface area contributed by atoms with E-state index in [9.17, 15) is 14.4 Å². The SMILES string of the molecule is CCN(C)C(=O)C(C)NC(=O)NC(C)CCC(=O)O. The van der Waals surface area contributed by atoms with E-state index in [2.05, 4.69) is 10.6 Å². The van der Waals surface area contributed by atoms with Crippen molar-refractivity contribution in [3.05, 3.63) is 0 Å². The van der Waals surface area contributed by atoms with Crippen LogP contribution in [0.1, 0.15) is 33.6 Å². The van der Waals surface area contributed by atoms with E-state index in [-0.39, 0.29) is 18.4 Å². The lowest BCUT2D eigenvalue weighted by Crippen LogP contribution is -2.50. The Kier molecular flexibility index (Phi) is 7.55. The van der Waals surface area contributed by atoms with E-state index < -0.39 is 18.0 Å². The van der Waals surface area contributed by atoms with Crippen LogP contribution in [0.4, 0.5) is 4.79 Å². The summed E-state index contributed by atoms with van der Waals surface area (Å²) in [4.78, 5) is 35.2. The normalized spacial score (nSPS) is 13.3. The predicted octanol–water partition coefficient (Wildman–Crippen LogP) is 0.406. The van der Waals surface area contributed by atoms with Crippen LogP contribution in [-0.4, -0.2) is 53.6 Å². The predicted molar refractivity (Wildman–Crippen MR) is 70.8 cm³/mol. The number of carboxylic acids is 1. The maximum absolute atomic E-state index is 11.7. The number of urea groups is 1. The molecular formula is C12H23N3O4. The van der Waals surface area contributed by atoms with Crippen molar-refractivity contribution >= 4 is 17.9 Å². The Morgan fingerprint density at radius 2 is 1.79 bits per heavy atom. The Morgan fingerprint density at radius 3 is 2.26 bits per heavy atom. The third-order valence-corrected chi connectivity index (χ3v) is 2.74. The van der Waals surface area contributed by atoms with E-state index in [1.54, 1.807) is 20.9 Å². The molecule has 0 bridgehead atoms. The van der Waals surface area contributed by atoms with Gasteiger partial charge in [0.15, 0.2) is 0 Å². The van der Waals surface area contributed by atoms with Gasteiger partial charge in [-0.3, -0.25) is 9.59 Å².